The lowest BCUT2D eigenvalue weighted by Crippen LogP contribution is -2.15. The van der Waals surface area contributed by atoms with E-state index in [-0.39, 0.29) is 22.9 Å². The van der Waals surface area contributed by atoms with Gasteiger partial charge in [-0.25, -0.2) is 18.9 Å². The lowest BCUT2D eigenvalue weighted by molar-refractivity contribution is 0.0476. The van der Waals surface area contributed by atoms with Crippen LogP contribution in [-0.2, 0) is 4.74 Å². The number of rotatable bonds is 7. The summed E-state index contributed by atoms with van der Waals surface area (Å²) in [5.41, 5.74) is 2.08. The van der Waals surface area contributed by atoms with E-state index in [1.165, 1.54) is 19.2 Å². The number of ether oxygens (including phenoxy) is 2. The molecule has 34 heavy (non-hydrogen) atoms. The zero-order valence-electron chi connectivity index (χ0n) is 19.5. The minimum Gasteiger partial charge on any atom is -0.494 e. The normalized spacial score (nSPS) is 11.3. The van der Waals surface area contributed by atoms with Crippen LogP contribution in [-0.4, -0.2) is 40.2 Å². The van der Waals surface area contributed by atoms with E-state index in [4.69, 9.17) is 18.9 Å². The number of furan rings is 1. The third kappa shape index (κ3) is 4.28. The largest absolute Gasteiger partial charge is 0.494 e. The van der Waals surface area contributed by atoms with Gasteiger partial charge < -0.3 is 13.9 Å². The molecule has 3 aromatic heterocycles. The molecule has 0 amide bonds. The van der Waals surface area contributed by atoms with E-state index in [0.717, 1.165) is 11.6 Å². The first-order valence-electron chi connectivity index (χ1n) is 10.7. The smallest absolute Gasteiger partial charge is 0.339 e. The van der Waals surface area contributed by atoms with Crippen molar-refractivity contribution < 1.29 is 27.9 Å². The number of hydrogen-bond donors (Lipinski definition) is 0. The van der Waals surface area contributed by atoms with Crippen LogP contribution in [0, 0.1) is 19.7 Å². The van der Waals surface area contributed by atoms with Crippen molar-refractivity contribution in [3.63, 3.8) is 0 Å². The van der Waals surface area contributed by atoms with Gasteiger partial charge in [0, 0.05) is 17.2 Å². The van der Waals surface area contributed by atoms with E-state index in [2.05, 4.69) is 5.10 Å². The maximum Gasteiger partial charge on any atom is 0.339 e. The number of hydrogen-bond acceptors (Lipinski definition) is 7. The van der Waals surface area contributed by atoms with Gasteiger partial charge in [0.2, 0.25) is 0 Å². The molecule has 0 unspecified atom stereocenters. The van der Waals surface area contributed by atoms with Crippen molar-refractivity contribution in [2.75, 3.05) is 13.7 Å². The highest BCUT2D eigenvalue weighted by molar-refractivity contribution is 6.05. The molecule has 0 aliphatic rings. The van der Waals surface area contributed by atoms with Crippen LogP contribution in [0.2, 0.25) is 0 Å². The number of pyridine rings is 1. The van der Waals surface area contributed by atoms with E-state index in [0.29, 0.717) is 28.2 Å². The minimum atomic E-state index is -0.711. The van der Waals surface area contributed by atoms with E-state index in [1.807, 2.05) is 33.8 Å². The summed E-state index contributed by atoms with van der Waals surface area (Å²) in [6.45, 7) is 7.01. The Balaban J connectivity index is 1.67. The van der Waals surface area contributed by atoms with E-state index in [9.17, 15) is 14.0 Å². The van der Waals surface area contributed by atoms with E-state index >= 15 is 0 Å². The van der Waals surface area contributed by atoms with Crippen LogP contribution < -0.4 is 4.74 Å². The number of aromatic nitrogens is 3. The van der Waals surface area contributed by atoms with Gasteiger partial charge in [0.25, 0.3) is 0 Å². The van der Waals surface area contributed by atoms with Gasteiger partial charge in [-0.1, -0.05) is 0 Å². The monoisotopic (exact) mass is 465 g/mol. The molecule has 0 aliphatic carbocycles. The number of aryl methyl sites for hydroxylation is 2. The van der Waals surface area contributed by atoms with Crippen LogP contribution in [0.4, 0.5) is 4.39 Å². The summed E-state index contributed by atoms with van der Waals surface area (Å²) >= 11 is 0. The van der Waals surface area contributed by atoms with Crippen LogP contribution in [0.1, 0.15) is 52.1 Å². The Bertz CT molecular complexity index is 1400. The Morgan fingerprint density at radius 1 is 1.18 bits per heavy atom. The highest BCUT2D eigenvalue weighted by Gasteiger charge is 2.22. The molecule has 176 valence electrons. The fraction of sp³-hybridized carbons (Fsp3) is 0.280. The molecule has 0 aliphatic heterocycles. The molecule has 4 rings (SSSR count). The molecule has 3 heterocycles. The number of carbonyl (C=O) groups is 2. The Kier molecular flexibility index (Phi) is 6.19. The molecule has 0 bridgehead atoms. The first kappa shape index (κ1) is 23.2. The van der Waals surface area contributed by atoms with Gasteiger partial charge in [-0.2, -0.15) is 5.10 Å². The fourth-order valence-electron chi connectivity index (χ4n) is 3.72. The lowest BCUT2D eigenvalue weighted by Gasteiger charge is -2.10. The fourth-order valence-corrected chi connectivity index (χ4v) is 3.72. The van der Waals surface area contributed by atoms with Gasteiger partial charge in [0.15, 0.2) is 29.6 Å². The molecule has 0 atom stereocenters. The highest BCUT2D eigenvalue weighted by Crippen LogP contribution is 2.30. The topological polar surface area (TPSA) is 96.5 Å². The maximum absolute atomic E-state index is 13.9. The average Bonchev–Trinajstić information content (AvgIpc) is 3.38. The number of carbonyl (C=O) groups excluding carboxylic acids is 2. The first-order chi connectivity index (χ1) is 16.2. The maximum atomic E-state index is 13.9. The van der Waals surface area contributed by atoms with Gasteiger partial charge in [-0.3, -0.25) is 4.79 Å². The van der Waals surface area contributed by atoms with Crippen molar-refractivity contribution in [1.82, 2.24) is 14.8 Å². The van der Waals surface area contributed by atoms with Gasteiger partial charge in [0.05, 0.1) is 30.0 Å². The van der Waals surface area contributed by atoms with Crippen LogP contribution in [0.25, 0.3) is 22.3 Å². The van der Waals surface area contributed by atoms with Crippen molar-refractivity contribution in [3.8, 4) is 17.0 Å². The summed E-state index contributed by atoms with van der Waals surface area (Å²) in [7, 11) is 1.33. The van der Waals surface area contributed by atoms with Gasteiger partial charge in [-0.15, -0.1) is 0 Å². The quantitative estimate of drug-likeness (QED) is 0.277. The molecule has 0 saturated carbocycles. The Hall–Kier alpha value is -4.01. The zero-order chi connectivity index (χ0) is 24.6. The second kappa shape index (κ2) is 9.09. The SMILES string of the molecule is COc1ccc(C(=O)COC(=O)c2cc(-c3cc(C)oc3C)nc3c2cnn3C(C)C)cc1F. The highest BCUT2D eigenvalue weighted by atomic mass is 19.1. The summed E-state index contributed by atoms with van der Waals surface area (Å²) in [6, 6.07) is 7.26. The molecule has 0 spiro atoms. The minimum absolute atomic E-state index is 0.00264. The predicted molar refractivity (Wildman–Crippen MR) is 123 cm³/mol. The summed E-state index contributed by atoms with van der Waals surface area (Å²) in [6.07, 6.45) is 1.55. The first-order valence-corrected chi connectivity index (χ1v) is 10.7. The standard InChI is InChI=1S/C25H24FN3O5/c1-13(2)29-24-19(11-27-29)18(10-21(28-24)17-8-14(3)34-15(17)4)25(31)33-12-22(30)16-6-7-23(32-5)20(26)9-16/h6-11,13H,12H2,1-5H3. The summed E-state index contributed by atoms with van der Waals surface area (Å²) in [4.78, 5) is 30.3. The van der Waals surface area contributed by atoms with Crippen molar-refractivity contribution in [2.45, 2.75) is 33.7 Å². The Morgan fingerprint density at radius 2 is 1.94 bits per heavy atom. The molecular formula is C25H24FN3O5. The molecule has 4 aromatic rings. The van der Waals surface area contributed by atoms with Crippen LogP contribution in [0.3, 0.4) is 0 Å². The van der Waals surface area contributed by atoms with Crippen LogP contribution in [0.15, 0.2) is 40.9 Å². The Morgan fingerprint density at radius 3 is 2.56 bits per heavy atom. The number of ketones is 1. The van der Waals surface area contributed by atoms with Crippen molar-refractivity contribution >= 4 is 22.8 Å². The predicted octanol–water partition coefficient (Wildman–Crippen LogP) is 5.08. The van der Waals surface area contributed by atoms with Gasteiger partial charge in [-0.05, 0) is 58.0 Å². The van der Waals surface area contributed by atoms with E-state index < -0.39 is 24.2 Å². The number of fused-ring (bicyclic) bond motifs is 1. The van der Waals surface area contributed by atoms with Crippen LogP contribution >= 0.6 is 0 Å². The number of methoxy groups -OCH3 is 1. The molecule has 8 nitrogen and oxygen atoms in total. The summed E-state index contributed by atoms with van der Waals surface area (Å²) < 4.78 is 31.5. The molecule has 0 N–H and O–H groups in total. The van der Waals surface area contributed by atoms with Crippen molar-refractivity contribution in [2.24, 2.45) is 0 Å². The number of halogens is 1. The second-order valence-electron chi connectivity index (χ2n) is 8.15. The third-order valence-corrected chi connectivity index (χ3v) is 5.40. The molecular weight excluding hydrogens is 441 g/mol. The molecule has 1 aromatic carbocycles. The van der Waals surface area contributed by atoms with Gasteiger partial charge >= 0.3 is 5.97 Å². The van der Waals surface area contributed by atoms with Crippen molar-refractivity contribution in [3.05, 3.63) is 65.0 Å². The van der Waals surface area contributed by atoms with Crippen molar-refractivity contribution in [1.29, 1.82) is 0 Å². The molecule has 9 heteroatoms. The van der Waals surface area contributed by atoms with E-state index in [1.54, 1.807) is 16.9 Å². The molecule has 0 fully saturated rings. The summed E-state index contributed by atoms with van der Waals surface area (Å²) in [5, 5.41) is 4.87. The number of Topliss-reactive ketones (excluding diaryl/α,β-unsaturated/α-hetero) is 1. The van der Waals surface area contributed by atoms with Gasteiger partial charge in [0.1, 0.15) is 11.5 Å². The molecule has 0 radical (unpaired) electrons. The second-order valence-corrected chi connectivity index (χ2v) is 8.15. The molecule has 0 saturated heterocycles. The van der Waals surface area contributed by atoms with Crippen LogP contribution in [0.5, 0.6) is 5.75 Å². The summed E-state index contributed by atoms with van der Waals surface area (Å²) in [5.74, 6) is -0.528. The zero-order valence-corrected chi connectivity index (χ0v) is 19.5. The Labute approximate surface area is 195 Å². The lowest BCUT2D eigenvalue weighted by atomic mass is 10.1. The number of nitrogens with zero attached hydrogens (tertiary/aromatic N) is 3. The number of esters is 1. The third-order valence-electron chi connectivity index (χ3n) is 5.40. The number of benzene rings is 1. The average molecular weight is 465 g/mol.